The van der Waals surface area contributed by atoms with Gasteiger partial charge in [0.15, 0.2) is 0 Å². The van der Waals surface area contributed by atoms with Crippen LogP contribution in [0.3, 0.4) is 0 Å². The van der Waals surface area contributed by atoms with E-state index in [-0.39, 0.29) is 23.5 Å². The van der Waals surface area contributed by atoms with E-state index in [1.54, 1.807) is 11.3 Å². The number of rotatable bonds is 5. The monoisotopic (exact) mass is 266 g/mol. The summed E-state index contributed by atoms with van der Waals surface area (Å²) in [6.45, 7) is 2.16. The number of aliphatic hydroxyl groups is 1. The lowest BCUT2D eigenvalue weighted by Gasteiger charge is -2.03. The Kier molecular flexibility index (Phi) is 4.17. The first-order chi connectivity index (χ1) is 8.72. The Balaban J connectivity index is 2.04. The maximum absolute atomic E-state index is 11.6. The predicted octanol–water partition coefficient (Wildman–Crippen LogP) is 2.33. The van der Waals surface area contributed by atoms with Gasteiger partial charge in [0.2, 0.25) is 11.2 Å². The highest BCUT2D eigenvalue weighted by Crippen LogP contribution is 2.18. The molecule has 0 aromatic carbocycles. The predicted molar refractivity (Wildman–Crippen MR) is 68.9 cm³/mol. The van der Waals surface area contributed by atoms with Gasteiger partial charge in [0.1, 0.15) is 25.2 Å². The van der Waals surface area contributed by atoms with Gasteiger partial charge < -0.3 is 14.3 Å². The van der Waals surface area contributed by atoms with Crippen LogP contribution < -0.4 is 10.2 Å². The van der Waals surface area contributed by atoms with Crippen molar-refractivity contribution >= 4 is 11.3 Å². The molecule has 0 fully saturated rings. The fourth-order valence-electron chi connectivity index (χ4n) is 1.47. The molecule has 5 heteroatoms. The molecule has 0 amide bonds. The third kappa shape index (κ3) is 3.00. The normalized spacial score (nSPS) is 10.6. The molecule has 0 aliphatic heterocycles. The second-order valence-corrected chi connectivity index (χ2v) is 5.00. The molecule has 1 N–H and O–H groups in total. The van der Waals surface area contributed by atoms with E-state index < -0.39 is 0 Å². The highest BCUT2D eigenvalue weighted by atomic mass is 32.1. The Morgan fingerprint density at radius 2 is 2.17 bits per heavy atom. The number of hydrogen-bond acceptors (Lipinski definition) is 5. The number of ether oxygens (including phenoxy) is 1. The third-order valence-electron chi connectivity index (χ3n) is 2.44. The van der Waals surface area contributed by atoms with Crippen LogP contribution in [0.4, 0.5) is 0 Å². The molecule has 0 saturated heterocycles. The van der Waals surface area contributed by atoms with Crippen molar-refractivity contribution in [2.75, 3.05) is 0 Å². The van der Waals surface area contributed by atoms with Crippen LogP contribution in [-0.4, -0.2) is 5.11 Å². The summed E-state index contributed by atoms with van der Waals surface area (Å²) >= 11 is 1.67. The van der Waals surface area contributed by atoms with Crippen molar-refractivity contribution in [3.05, 3.63) is 50.2 Å². The fraction of sp³-hybridized carbons (Fsp3) is 0.308. The van der Waals surface area contributed by atoms with E-state index in [2.05, 4.69) is 13.0 Å². The molecule has 0 atom stereocenters. The zero-order valence-corrected chi connectivity index (χ0v) is 10.8. The van der Waals surface area contributed by atoms with Crippen LogP contribution in [0.15, 0.2) is 33.7 Å². The molecule has 0 bridgehead atoms. The van der Waals surface area contributed by atoms with E-state index in [4.69, 9.17) is 14.3 Å². The average Bonchev–Trinajstić information content (AvgIpc) is 2.85. The van der Waals surface area contributed by atoms with Crippen LogP contribution >= 0.6 is 11.3 Å². The quantitative estimate of drug-likeness (QED) is 0.902. The Bertz CT molecular complexity index is 570. The summed E-state index contributed by atoms with van der Waals surface area (Å²) in [5.41, 5.74) is -0.280. The molecular formula is C13H14O4S. The Morgan fingerprint density at radius 1 is 1.39 bits per heavy atom. The SMILES string of the molecule is CCc1ccc(COc2coc(CO)cc2=O)s1. The van der Waals surface area contributed by atoms with E-state index in [0.717, 1.165) is 11.3 Å². The standard InChI is InChI=1S/C13H14O4S/c1-2-10-3-4-11(18-10)7-17-13-8-16-9(6-14)5-12(13)15/h3-5,8,14H,2,6-7H2,1H3. The topological polar surface area (TPSA) is 59.7 Å². The smallest absolute Gasteiger partial charge is 0.227 e. The summed E-state index contributed by atoms with van der Waals surface area (Å²) in [5, 5.41) is 8.82. The molecule has 0 unspecified atom stereocenters. The summed E-state index contributed by atoms with van der Waals surface area (Å²) in [5.74, 6) is 0.399. The largest absolute Gasteiger partial charge is 0.481 e. The molecule has 18 heavy (non-hydrogen) atoms. The molecule has 0 saturated carbocycles. The Morgan fingerprint density at radius 3 is 2.78 bits per heavy atom. The van der Waals surface area contributed by atoms with Crippen molar-refractivity contribution < 1.29 is 14.3 Å². The van der Waals surface area contributed by atoms with Crippen LogP contribution in [0.1, 0.15) is 22.4 Å². The minimum absolute atomic E-state index is 0.165. The van der Waals surface area contributed by atoms with Gasteiger partial charge in [0, 0.05) is 15.8 Å². The molecule has 0 spiro atoms. The summed E-state index contributed by atoms with van der Waals surface area (Å²) in [6.07, 6.45) is 2.24. The van der Waals surface area contributed by atoms with Crippen LogP contribution in [0.25, 0.3) is 0 Å². The van der Waals surface area contributed by atoms with Crippen LogP contribution in [0, 0.1) is 0 Å². The molecule has 2 aromatic rings. The van der Waals surface area contributed by atoms with Gasteiger partial charge in [-0.05, 0) is 18.6 Å². The van der Waals surface area contributed by atoms with Gasteiger partial charge in [0.05, 0.1) is 0 Å². The van der Waals surface area contributed by atoms with Gasteiger partial charge >= 0.3 is 0 Å². The van der Waals surface area contributed by atoms with E-state index in [1.807, 2.05) is 6.07 Å². The van der Waals surface area contributed by atoms with Crippen LogP contribution in [-0.2, 0) is 19.6 Å². The molecule has 0 radical (unpaired) electrons. The van der Waals surface area contributed by atoms with Crippen molar-refractivity contribution in [3.8, 4) is 5.75 Å². The molecule has 2 heterocycles. The number of thiophene rings is 1. The van der Waals surface area contributed by atoms with Gasteiger partial charge in [0.25, 0.3) is 0 Å². The van der Waals surface area contributed by atoms with Crippen molar-refractivity contribution in [1.29, 1.82) is 0 Å². The maximum atomic E-state index is 11.6. The first kappa shape index (κ1) is 12.9. The summed E-state index contributed by atoms with van der Waals surface area (Å²) in [4.78, 5) is 13.9. The van der Waals surface area contributed by atoms with E-state index in [1.165, 1.54) is 17.2 Å². The van der Waals surface area contributed by atoms with E-state index >= 15 is 0 Å². The first-order valence-corrected chi connectivity index (χ1v) is 6.47. The average molecular weight is 266 g/mol. The number of aryl methyl sites for hydroxylation is 1. The molecule has 96 valence electrons. The fourth-order valence-corrected chi connectivity index (χ4v) is 2.34. The molecule has 0 aliphatic carbocycles. The second kappa shape index (κ2) is 5.84. The van der Waals surface area contributed by atoms with E-state index in [0.29, 0.717) is 6.61 Å². The lowest BCUT2D eigenvalue weighted by Crippen LogP contribution is -2.07. The minimum Gasteiger partial charge on any atom is -0.481 e. The molecular weight excluding hydrogens is 252 g/mol. The minimum atomic E-state index is -0.291. The lowest BCUT2D eigenvalue weighted by molar-refractivity contribution is 0.236. The molecule has 4 nitrogen and oxygen atoms in total. The van der Waals surface area contributed by atoms with Gasteiger partial charge in [-0.2, -0.15) is 0 Å². The summed E-state index contributed by atoms with van der Waals surface area (Å²) in [6, 6.07) is 5.29. The van der Waals surface area contributed by atoms with Gasteiger partial charge in [-0.25, -0.2) is 0 Å². The van der Waals surface area contributed by atoms with Gasteiger partial charge in [-0.15, -0.1) is 11.3 Å². The second-order valence-electron chi connectivity index (χ2n) is 3.74. The molecule has 2 rings (SSSR count). The maximum Gasteiger partial charge on any atom is 0.227 e. The van der Waals surface area contributed by atoms with Gasteiger partial charge in [-0.1, -0.05) is 6.92 Å². The van der Waals surface area contributed by atoms with Crippen LogP contribution in [0.2, 0.25) is 0 Å². The Labute approximate surface area is 108 Å². The van der Waals surface area contributed by atoms with Crippen molar-refractivity contribution in [2.45, 2.75) is 26.6 Å². The Hall–Kier alpha value is -1.59. The highest BCUT2D eigenvalue weighted by Gasteiger charge is 2.05. The number of hydrogen-bond donors (Lipinski definition) is 1. The highest BCUT2D eigenvalue weighted by molar-refractivity contribution is 7.11. The summed E-state index contributed by atoms with van der Waals surface area (Å²) < 4.78 is 10.4. The first-order valence-electron chi connectivity index (χ1n) is 5.66. The van der Waals surface area contributed by atoms with Crippen molar-refractivity contribution in [1.82, 2.24) is 0 Å². The van der Waals surface area contributed by atoms with Gasteiger partial charge in [-0.3, -0.25) is 4.79 Å². The molecule has 2 aromatic heterocycles. The zero-order valence-electron chi connectivity index (χ0n) is 10.0. The third-order valence-corrected chi connectivity index (χ3v) is 3.65. The summed E-state index contributed by atoms with van der Waals surface area (Å²) in [7, 11) is 0. The van der Waals surface area contributed by atoms with E-state index in [9.17, 15) is 4.79 Å². The number of aliphatic hydroxyl groups excluding tert-OH is 1. The molecule has 0 aliphatic rings. The van der Waals surface area contributed by atoms with Crippen molar-refractivity contribution in [3.63, 3.8) is 0 Å². The zero-order chi connectivity index (χ0) is 13.0. The van der Waals surface area contributed by atoms with Crippen LogP contribution in [0.5, 0.6) is 5.75 Å². The lowest BCUT2D eigenvalue weighted by atomic mass is 10.3. The van der Waals surface area contributed by atoms with Crippen molar-refractivity contribution in [2.24, 2.45) is 0 Å².